The summed E-state index contributed by atoms with van der Waals surface area (Å²) in [6.07, 6.45) is 4.25. The molecule has 1 aromatic rings. The Hall–Kier alpha value is -2.04. The van der Waals surface area contributed by atoms with Crippen LogP contribution in [0.25, 0.3) is 0 Å². The van der Waals surface area contributed by atoms with Crippen molar-refractivity contribution in [3.8, 4) is 0 Å². The summed E-state index contributed by atoms with van der Waals surface area (Å²) < 4.78 is 0. The van der Waals surface area contributed by atoms with E-state index in [-0.39, 0.29) is 11.8 Å². The van der Waals surface area contributed by atoms with Crippen LogP contribution in [0.4, 0.5) is 5.69 Å². The lowest BCUT2D eigenvalue weighted by molar-refractivity contribution is -0.122. The molecule has 126 valence electrons. The van der Waals surface area contributed by atoms with Gasteiger partial charge < -0.3 is 16.4 Å². The molecule has 1 aromatic carbocycles. The van der Waals surface area contributed by atoms with Gasteiger partial charge in [0.15, 0.2) is 5.96 Å². The van der Waals surface area contributed by atoms with Gasteiger partial charge in [0.05, 0.1) is 6.54 Å². The van der Waals surface area contributed by atoms with Gasteiger partial charge in [-0.05, 0) is 42.9 Å². The van der Waals surface area contributed by atoms with E-state index in [9.17, 15) is 4.79 Å². The summed E-state index contributed by atoms with van der Waals surface area (Å²) in [5.41, 5.74) is 7.73. The van der Waals surface area contributed by atoms with Crippen LogP contribution < -0.4 is 16.4 Å². The molecule has 0 atom stereocenters. The van der Waals surface area contributed by atoms with Gasteiger partial charge in [-0.1, -0.05) is 32.4 Å². The molecule has 0 aliphatic heterocycles. The van der Waals surface area contributed by atoms with Crippen LogP contribution in [-0.4, -0.2) is 18.4 Å². The predicted octanol–water partition coefficient (Wildman–Crippen LogP) is 2.88. The molecule has 23 heavy (non-hydrogen) atoms. The second-order valence-electron chi connectivity index (χ2n) is 6.63. The van der Waals surface area contributed by atoms with Crippen molar-refractivity contribution < 1.29 is 4.79 Å². The van der Waals surface area contributed by atoms with Gasteiger partial charge in [-0.2, -0.15) is 0 Å². The Kier molecular flexibility index (Phi) is 6.44. The summed E-state index contributed by atoms with van der Waals surface area (Å²) in [7, 11) is 0. The Morgan fingerprint density at radius 2 is 2.17 bits per heavy atom. The Labute approximate surface area is 138 Å². The Bertz CT molecular complexity index is 550. The zero-order chi connectivity index (χ0) is 16.7. The predicted molar refractivity (Wildman–Crippen MR) is 95.2 cm³/mol. The van der Waals surface area contributed by atoms with Crippen LogP contribution in [0.3, 0.4) is 0 Å². The quantitative estimate of drug-likeness (QED) is 0.534. The number of hydrogen-bond acceptors (Lipinski definition) is 2. The van der Waals surface area contributed by atoms with E-state index in [4.69, 9.17) is 5.73 Å². The molecule has 0 aromatic heterocycles. The number of nitrogens with one attached hydrogen (secondary N) is 2. The molecular formula is C18H28N4O. The number of hydrogen-bond donors (Lipinski definition) is 3. The SMILES string of the molecule is CC(C)CCNC(N)=NCc1cccc(NC(=O)C2CCC2)c1. The van der Waals surface area contributed by atoms with Crippen LogP contribution in [0, 0.1) is 11.8 Å². The lowest BCUT2D eigenvalue weighted by Crippen LogP contribution is -2.32. The first-order valence-electron chi connectivity index (χ1n) is 8.48. The van der Waals surface area contributed by atoms with Crippen LogP contribution in [0.15, 0.2) is 29.3 Å². The maximum Gasteiger partial charge on any atom is 0.227 e. The highest BCUT2D eigenvalue weighted by atomic mass is 16.1. The zero-order valence-electron chi connectivity index (χ0n) is 14.1. The normalized spacial score (nSPS) is 15.3. The second kappa shape index (κ2) is 8.56. The van der Waals surface area contributed by atoms with Crippen LogP contribution in [0.2, 0.25) is 0 Å². The number of guanidine groups is 1. The van der Waals surface area contributed by atoms with E-state index in [1.807, 2.05) is 24.3 Å². The number of nitrogens with two attached hydrogens (primary N) is 1. The minimum absolute atomic E-state index is 0.131. The number of rotatable bonds is 7. The molecule has 1 aliphatic carbocycles. The smallest absolute Gasteiger partial charge is 0.227 e. The lowest BCUT2D eigenvalue weighted by atomic mass is 9.85. The van der Waals surface area contributed by atoms with Crippen molar-refractivity contribution in [3.05, 3.63) is 29.8 Å². The highest BCUT2D eigenvalue weighted by Gasteiger charge is 2.25. The molecule has 0 radical (unpaired) electrons. The molecule has 2 rings (SSSR count). The van der Waals surface area contributed by atoms with Crippen LogP contribution in [0.1, 0.15) is 45.1 Å². The molecule has 0 heterocycles. The van der Waals surface area contributed by atoms with Gasteiger partial charge in [-0.15, -0.1) is 0 Å². The summed E-state index contributed by atoms with van der Waals surface area (Å²) in [5, 5.41) is 6.10. The maximum absolute atomic E-state index is 12.0. The molecule has 0 spiro atoms. The highest BCUT2D eigenvalue weighted by Crippen LogP contribution is 2.27. The van der Waals surface area contributed by atoms with Crippen LogP contribution in [0.5, 0.6) is 0 Å². The second-order valence-corrected chi connectivity index (χ2v) is 6.63. The third-order valence-electron chi connectivity index (χ3n) is 4.13. The molecule has 1 saturated carbocycles. The van der Waals surface area contributed by atoms with Gasteiger partial charge in [0, 0.05) is 18.2 Å². The van der Waals surface area contributed by atoms with Crippen molar-refractivity contribution in [2.75, 3.05) is 11.9 Å². The number of carbonyl (C=O) groups excluding carboxylic acids is 1. The fourth-order valence-electron chi connectivity index (χ4n) is 2.38. The number of amides is 1. The topological polar surface area (TPSA) is 79.5 Å². The number of nitrogens with zero attached hydrogens (tertiary/aromatic N) is 1. The van der Waals surface area contributed by atoms with E-state index in [0.29, 0.717) is 18.4 Å². The van der Waals surface area contributed by atoms with Crippen molar-refractivity contribution in [1.82, 2.24) is 5.32 Å². The lowest BCUT2D eigenvalue weighted by Gasteiger charge is -2.24. The number of anilines is 1. The van der Waals surface area contributed by atoms with Gasteiger partial charge >= 0.3 is 0 Å². The summed E-state index contributed by atoms with van der Waals surface area (Å²) in [6.45, 7) is 5.70. The van der Waals surface area contributed by atoms with Gasteiger partial charge in [0.25, 0.3) is 0 Å². The molecule has 4 N–H and O–H groups in total. The Balaban J connectivity index is 1.83. The minimum Gasteiger partial charge on any atom is -0.370 e. The summed E-state index contributed by atoms with van der Waals surface area (Å²) >= 11 is 0. The van der Waals surface area contributed by atoms with E-state index < -0.39 is 0 Å². The molecule has 1 aliphatic rings. The van der Waals surface area contributed by atoms with E-state index in [0.717, 1.165) is 43.5 Å². The third-order valence-corrected chi connectivity index (χ3v) is 4.13. The first-order chi connectivity index (χ1) is 11.0. The van der Waals surface area contributed by atoms with E-state index in [1.165, 1.54) is 0 Å². The highest BCUT2D eigenvalue weighted by molar-refractivity contribution is 5.93. The summed E-state index contributed by atoms with van der Waals surface area (Å²) in [6, 6.07) is 7.79. The monoisotopic (exact) mass is 316 g/mol. The van der Waals surface area contributed by atoms with Crippen molar-refractivity contribution in [2.24, 2.45) is 22.6 Å². The standard InChI is InChI=1S/C18H28N4O/c1-13(2)9-10-20-18(19)21-12-14-5-3-8-16(11-14)22-17(23)15-6-4-7-15/h3,5,8,11,13,15H,4,6-7,9-10,12H2,1-2H3,(H,22,23)(H3,19,20,21). The zero-order valence-corrected chi connectivity index (χ0v) is 14.1. The molecular weight excluding hydrogens is 288 g/mol. The van der Waals surface area contributed by atoms with E-state index in [1.54, 1.807) is 0 Å². The summed E-state index contributed by atoms with van der Waals surface area (Å²) in [5.74, 6) is 1.44. The minimum atomic E-state index is 0.131. The molecule has 0 bridgehead atoms. The van der Waals surface area contributed by atoms with E-state index in [2.05, 4.69) is 29.5 Å². The average molecular weight is 316 g/mol. The maximum atomic E-state index is 12.0. The van der Waals surface area contributed by atoms with Gasteiger partial charge in [-0.3, -0.25) is 4.79 Å². The van der Waals surface area contributed by atoms with Gasteiger partial charge in [0.1, 0.15) is 0 Å². The fraction of sp³-hybridized carbons (Fsp3) is 0.556. The molecule has 0 unspecified atom stereocenters. The Morgan fingerprint density at radius 1 is 1.39 bits per heavy atom. The number of aliphatic imine (C=N–C) groups is 1. The molecule has 0 saturated heterocycles. The first kappa shape index (κ1) is 17.3. The van der Waals surface area contributed by atoms with Crippen molar-refractivity contribution in [3.63, 3.8) is 0 Å². The van der Waals surface area contributed by atoms with Crippen molar-refractivity contribution >= 4 is 17.6 Å². The Morgan fingerprint density at radius 3 is 2.83 bits per heavy atom. The van der Waals surface area contributed by atoms with Crippen LogP contribution >= 0.6 is 0 Å². The first-order valence-corrected chi connectivity index (χ1v) is 8.48. The van der Waals surface area contributed by atoms with E-state index >= 15 is 0 Å². The number of carbonyl (C=O) groups is 1. The third kappa shape index (κ3) is 5.93. The average Bonchev–Trinajstić information content (AvgIpc) is 2.43. The van der Waals surface area contributed by atoms with Crippen molar-refractivity contribution in [2.45, 2.75) is 46.1 Å². The molecule has 1 amide bonds. The van der Waals surface area contributed by atoms with Crippen molar-refractivity contribution in [1.29, 1.82) is 0 Å². The molecule has 5 nitrogen and oxygen atoms in total. The summed E-state index contributed by atoms with van der Waals surface area (Å²) in [4.78, 5) is 16.3. The molecule has 5 heteroatoms. The number of benzene rings is 1. The van der Waals surface area contributed by atoms with Gasteiger partial charge in [-0.25, -0.2) is 4.99 Å². The largest absolute Gasteiger partial charge is 0.370 e. The van der Waals surface area contributed by atoms with Crippen LogP contribution in [-0.2, 0) is 11.3 Å². The van der Waals surface area contributed by atoms with Gasteiger partial charge in [0.2, 0.25) is 5.91 Å². The fourth-order valence-corrected chi connectivity index (χ4v) is 2.38. The molecule has 1 fully saturated rings.